The van der Waals surface area contributed by atoms with Crippen molar-refractivity contribution in [2.45, 2.75) is 11.3 Å². The number of sulfonamides is 1. The maximum Gasteiger partial charge on any atom is 0.411 e. The van der Waals surface area contributed by atoms with Crippen molar-refractivity contribution in [2.75, 3.05) is 18.5 Å². The van der Waals surface area contributed by atoms with Crippen molar-refractivity contribution in [3.05, 3.63) is 36.9 Å². The van der Waals surface area contributed by atoms with E-state index >= 15 is 0 Å². The Morgan fingerprint density at radius 2 is 1.91 bits per heavy atom. The Balaban J connectivity index is 2.65. The van der Waals surface area contributed by atoms with E-state index in [1.54, 1.807) is 0 Å². The van der Waals surface area contributed by atoms with E-state index < -0.39 is 22.1 Å². The van der Waals surface area contributed by atoms with Gasteiger partial charge in [0.1, 0.15) is 6.61 Å². The first kappa shape index (κ1) is 17.7. The van der Waals surface area contributed by atoms with Crippen LogP contribution >= 0.6 is 0 Å². The minimum atomic E-state index is -3.79. The Labute approximate surface area is 127 Å². The first-order valence-corrected chi connectivity index (χ1v) is 7.69. The number of amides is 1. The van der Waals surface area contributed by atoms with Crippen LogP contribution in [0, 0.1) is 0 Å². The lowest BCUT2D eigenvalue weighted by Gasteiger charge is -2.08. The molecule has 120 valence electrons. The van der Waals surface area contributed by atoms with Crippen LogP contribution in [0.3, 0.4) is 0 Å². The molecule has 0 bridgehead atoms. The Kier molecular flexibility index (Phi) is 6.54. The number of carboxylic acids is 1. The molecule has 1 aromatic carbocycles. The maximum absolute atomic E-state index is 11.9. The van der Waals surface area contributed by atoms with Crippen LogP contribution in [0.15, 0.2) is 41.8 Å². The van der Waals surface area contributed by atoms with Crippen LogP contribution in [0.25, 0.3) is 0 Å². The van der Waals surface area contributed by atoms with E-state index in [1.165, 1.54) is 30.3 Å². The van der Waals surface area contributed by atoms with Gasteiger partial charge in [0.2, 0.25) is 10.0 Å². The number of hydrogen-bond acceptors (Lipinski definition) is 5. The SMILES string of the molecule is C=CCOC(=O)Nc1ccc(S(=O)(=O)NCCC(=O)O)cc1. The van der Waals surface area contributed by atoms with Gasteiger partial charge in [0, 0.05) is 12.2 Å². The third-order valence-electron chi connectivity index (χ3n) is 2.37. The number of carbonyl (C=O) groups excluding carboxylic acids is 1. The fraction of sp³-hybridized carbons (Fsp3) is 0.231. The summed E-state index contributed by atoms with van der Waals surface area (Å²) in [5.74, 6) is -1.10. The Morgan fingerprint density at radius 1 is 1.27 bits per heavy atom. The number of carboxylic acid groups (broad SMARTS) is 1. The molecule has 0 heterocycles. The van der Waals surface area contributed by atoms with Crippen molar-refractivity contribution in [1.29, 1.82) is 0 Å². The second kappa shape index (κ2) is 8.15. The van der Waals surface area contributed by atoms with Crippen LogP contribution in [0.5, 0.6) is 0 Å². The van der Waals surface area contributed by atoms with Gasteiger partial charge in [-0.05, 0) is 24.3 Å². The smallest absolute Gasteiger partial charge is 0.411 e. The van der Waals surface area contributed by atoms with Gasteiger partial charge < -0.3 is 9.84 Å². The number of rotatable bonds is 8. The van der Waals surface area contributed by atoms with Crippen molar-refractivity contribution in [1.82, 2.24) is 4.72 Å². The average molecular weight is 328 g/mol. The molecule has 1 rings (SSSR count). The molecule has 0 saturated heterocycles. The molecule has 3 N–H and O–H groups in total. The second-order valence-corrected chi connectivity index (χ2v) is 5.84. The minimum absolute atomic E-state index is 0.0390. The molecule has 0 spiro atoms. The molecule has 22 heavy (non-hydrogen) atoms. The summed E-state index contributed by atoms with van der Waals surface area (Å²) in [5.41, 5.74) is 0.360. The summed E-state index contributed by atoms with van der Waals surface area (Å²) in [5, 5.41) is 10.9. The third kappa shape index (κ3) is 5.94. The number of anilines is 1. The topological polar surface area (TPSA) is 122 Å². The predicted molar refractivity (Wildman–Crippen MR) is 79.1 cm³/mol. The van der Waals surface area contributed by atoms with E-state index in [9.17, 15) is 18.0 Å². The van der Waals surface area contributed by atoms with Gasteiger partial charge in [0.15, 0.2) is 0 Å². The zero-order valence-corrected chi connectivity index (χ0v) is 12.4. The molecule has 0 aliphatic rings. The Hall–Kier alpha value is -2.39. The monoisotopic (exact) mass is 328 g/mol. The highest BCUT2D eigenvalue weighted by molar-refractivity contribution is 7.89. The normalized spacial score (nSPS) is 10.7. The molecule has 9 heteroatoms. The highest BCUT2D eigenvalue weighted by Crippen LogP contribution is 2.14. The molecule has 0 aliphatic heterocycles. The van der Waals surface area contributed by atoms with E-state index in [1.807, 2.05) is 0 Å². The fourth-order valence-corrected chi connectivity index (χ4v) is 2.41. The van der Waals surface area contributed by atoms with Gasteiger partial charge in [-0.3, -0.25) is 10.1 Å². The first-order valence-electron chi connectivity index (χ1n) is 6.21. The van der Waals surface area contributed by atoms with Crippen molar-refractivity contribution in [3.63, 3.8) is 0 Å². The van der Waals surface area contributed by atoms with Gasteiger partial charge in [-0.1, -0.05) is 12.7 Å². The second-order valence-electron chi connectivity index (χ2n) is 4.08. The lowest BCUT2D eigenvalue weighted by atomic mass is 10.3. The van der Waals surface area contributed by atoms with Crippen molar-refractivity contribution >= 4 is 27.8 Å². The molecule has 0 atom stereocenters. The van der Waals surface area contributed by atoms with E-state index in [0.717, 1.165) is 0 Å². The highest BCUT2D eigenvalue weighted by atomic mass is 32.2. The largest absolute Gasteiger partial charge is 0.481 e. The molecule has 0 saturated carbocycles. The quantitative estimate of drug-likeness (QED) is 0.616. The van der Waals surface area contributed by atoms with Crippen LogP contribution in [0.1, 0.15) is 6.42 Å². The van der Waals surface area contributed by atoms with Crippen molar-refractivity contribution < 1.29 is 27.9 Å². The molecule has 8 nitrogen and oxygen atoms in total. The van der Waals surface area contributed by atoms with Gasteiger partial charge in [-0.2, -0.15) is 0 Å². The fourth-order valence-electron chi connectivity index (χ4n) is 1.38. The standard InChI is InChI=1S/C13H16N2O6S/c1-2-9-21-13(18)15-10-3-5-11(6-4-10)22(19,20)14-8-7-12(16)17/h2-6,14H,1,7-9H2,(H,15,18)(H,16,17). The van der Waals surface area contributed by atoms with Crippen molar-refractivity contribution in [3.8, 4) is 0 Å². The molecular formula is C13H16N2O6S. The first-order chi connectivity index (χ1) is 10.3. The van der Waals surface area contributed by atoms with Gasteiger partial charge in [0.25, 0.3) is 0 Å². The third-order valence-corrected chi connectivity index (χ3v) is 3.85. The zero-order valence-electron chi connectivity index (χ0n) is 11.6. The van der Waals surface area contributed by atoms with Crippen LogP contribution in [0.4, 0.5) is 10.5 Å². The van der Waals surface area contributed by atoms with Gasteiger partial charge in [-0.25, -0.2) is 17.9 Å². The zero-order chi connectivity index (χ0) is 16.6. The lowest BCUT2D eigenvalue weighted by molar-refractivity contribution is -0.136. The van der Waals surface area contributed by atoms with E-state index in [-0.39, 0.29) is 24.5 Å². The van der Waals surface area contributed by atoms with Gasteiger partial charge in [0.05, 0.1) is 11.3 Å². The summed E-state index contributed by atoms with van der Waals surface area (Å²) in [6, 6.07) is 5.35. The highest BCUT2D eigenvalue weighted by Gasteiger charge is 2.14. The number of aliphatic carboxylic acids is 1. The number of hydrogen-bond donors (Lipinski definition) is 3. The number of benzene rings is 1. The lowest BCUT2D eigenvalue weighted by Crippen LogP contribution is -2.26. The van der Waals surface area contributed by atoms with Crippen molar-refractivity contribution in [2.24, 2.45) is 0 Å². The van der Waals surface area contributed by atoms with E-state index in [0.29, 0.717) is 5.69 Å². The maximum atomic E-state index is 11.9. The average Bonchev–Trinajstić information content (AvgIpc) is 2.45. The number of carbonyl (C=O) groups is 2. The van der Waals surface area contributed by atoms with E-state index in [2.05, 4.69) is 16.6 Å². The molecule has 1 amide bonds. The van der Waals surface area contributed by atoms with Gasteiger partial charge in [-0.15, -0.1) is 0 Å². The molecule has 0 unspecified atom stereocenters. The number of ether oxygens (including phenoxy) is 1. The number of nitrogens with one attached hydrogen (secondary N) is 2. The minimum Gasteiger partial charge on any atom is -0.481 e. The van der Waals surface area contributed by atoms with Gasteiger partial charge >= 0.3 is 12.1 Å². The predicted octanol–water partition coefficient (Wildman–Crippen LogP) is 1.17. The van der Waals surface area contributed by atoms with E-state index in [4.69, 9.17) is 9.84 Å². The molecule has 1 aromatic rings. The summed E-state index contributed by atoms with van der Waals surface area (Å²) >= 11 is 0. The Morgan fingerprint density at radius 3 is 2.45 bits per heavy atom. The molecular weight excluding hydrogens is 312 g/mol. The molecule has 0 aliphatic carbocycles. The summed E-state index contributed by atoms with van der Waals surface area (Å²) in [7, 11) is -3.79. The van der Waals surface area contributed by atoms with Crippen LogP contribution < -0.4 is 10.0 Å². The molecule has 0 aromatic heterocycles. The summed E-state index contributed by atoms with van der Waals surface area (Å²) in [6.07, 6.45) is 0.418. The summed E-state index contributed by atoms with van der Waals surface area (Å²) in [4.78, 5) is 21.6. The molecule has 0 fully saturated rings. The van der Waals surface area contributed by atoms with Crippen LogP contribution in [-0.2, 0) is 19.6 Å². The summed E-state index contributed by atoms with van der Waals surface area (Å²) < 4.78 is 30.6. The molecule has 0 radical (unpaired) electrons. The Bertz CT molecular complexity index is 639. The summed E-state index contributed by atoms with van der Waals surface area (Å²) in [6.45, 7) is 3.26. The van der Waals surface area contributed by atoms with Crippen LogP contribution in [-0.4, -0.2) is 38.7 Å². The van der Waals surface area contributed by atoms with Crippen LogP contribution in [0.2, 0.25) is 0 Å².